The second-order valence-corrected chi connectivity index (χ2v) is 4.95. The van der Waals surface area contributed by atoms with Crippen LogP contribution in [0.2, 0.25) is 5.02 Å². The average molecular weight is 273 g/mol. The number of nitrogens with zero attached hydrogens (tertiary/aromatic N) is 1. The predicted octanol–water partition coefficient (Wildman–Crippen LogP) is 3.32. The Morgan fingerprint density at radius 1 is 1.05 bits per heavy atom. The minimum atomic E-state index is 0.0230. The smallest absolute Gasteiger partial charge is 0.241 e. The van der Waals surface area contributed by atoms with Gasteiger partial charge in [0.2, 0.25) is 5.91 Å². The van der Waals surface area contributed by atoms with E-state index in [1.807, 2.05) is 59.6 Å². The van der Waals surface area contributed by atoms with E-state index >= 15 is 0 Å². The second kappa shape index (κ2) is 4.94. The Kier molecular flexibility index (Phi) is 3.13. The summed E-state index contributed by atoms with van der Waals surface area (Å²) < 4.78 is 0. The molecule has 2 aromatic rings. The third kappa shape index (κ3) is 2.42. The van der Waals surface area contributed by atoms with Crippen LogP contribution in [-0.4, -0.2) is 5.91 Å². The van der Waals surface area contributed by atoms with Crippen LogP contribution >= 0.6 is 11.6 Å². The number of rotatable bonds is 2. The number of carbonyl (C=O) groups excluding carboxylic acids is 1. The van der Waals surface area contributed by atoms with Gasteiger partial charge < -0.3 is 0 Å². The van der Waals surface area contributed by atoms with Crippen molar-refractivity contribution in [2.75, 3.05) is 5.01 Å². The van der Waals surface area contributed by atoms with Crippen LogP contribution in [0.5, 0.6) is 0 Å². The fourth-order valence-corrected chi connectivity index (χ4v) is 2.44. The first kappa shape index (κ1) is 12.1. The molecular formula is C15H13ClN2O. The molecule has 1 aliphatic rings. The van der Waals surface area contributed by atoms with E-state index in [0.717, 1.165) is 11.3 Å². The van der Waals surface area contributed by atoms with E-state index in [1.165, 1.54) is 0 Å². The topological polar surface area (TPSA) is 32.3 Å². The van der Waals surface area contributed by atoms with E-state index in [0.29, 0.717) is 11.4 Å². The molecule has 96 valence electrons. The van der Waals surface area contributed by atoms with Crippen molar-refractivity contribution in [3.05, 3.63) is 65.2 Å². The lowest BCUT2D eigenvalue weighted by Crippen LogP contribution is -2.34. The van der Waals surface area contributed by atoms with Gasteiger partial charge in [0.15, 0.2) is 0 Å². The van der Waals surface area contributed by atoms with Crippen molar-refractivity contribution < 1.29 is 4.79 Å². The van der Waals surface area contributed by atoms with Crippen molar-refractivity contribution in [2.45, 2.75) is 12.5 Å². The molecule has 19 heavy (non-hydrogen) atoms. The zero-order valence-corrected chi connectivity index (χ0v) is 11.0. The monoisotopic (exact) mass is 272 g/mol. The molecule has 0 spiro atoms. The van der Waals surface area contributed by atoms with Crippen molar-refractivity contribution in [3.8, 4) is 0 Å². The molecule has 1 amide bonds. The van der Waals surface area contributed by atoms with Crippen molar-refractivity contribution in [1.29, 1.82) is 0 Å². The van der Waals surface area contributed by atoms with Crippen LogP contribution in [0, 0.1) is 0 Å². The quantitative estimate of drug-likeness (QED) is 0.910. The fourth-order valence-electron chi connectivity index (χ4n) is 2.31. The summed E-state index contributed by atoms with van der Waals surface area (Å²) >= 11 is 5.89. The highest BCUT2D eigenvalue weighted by Gasteiger charge is 2.31. The first-order chi connectivity index (χ1) is 9.24. The molecule has 1 saturated heterocycles. The second-order valence-electron chi connectivity index (χ2n) is 4.51. The highest BCUT2D eigenvalue weighted by atomic mass is 35.5. The van der Waals surface area contributed by atoms with E-state index < -0.39 is 0 Å². The van der Waals surface area contributed by atoms with Crippen LogP contribution in [0.25, 0.3) is 0 Å². The number of hydrogen-bond acceptors (Lipinski definition) is 2. The lowest BCUT2D eigenvalue weighted by Gasteiger charge is -2.25. The van der Waals surface area contributed by atoms with Crippen LogP contribution in [-0.2, 0) is 4.79 Å². The molecule has 0 bridgehead atoms. The van der Waals surface area contributed by atoms with Gasteiger partial charge in [-0.05, 0) is 29.8 Å². The molecule has 1 aliphatic heterocycles. The van der Waals surface area contributed by atoms with Crippen molar-refractivity contribution in [2.24, 2.45) is 0 Å². The highest BCUT2D eigenvalue weighted by molar-refractivity contribution is 6.30. The number of hydrazine groups is 1. The van der Waals surface area contributed by atoms with Gasteiger partial charge >= 0.3 is 0 Å². The van der Waals surface area contributed by atoms with Crippen LogP contribution in [0.15, 0.2) is 54.6 Å². The molecule has 0 saturated carbocycles. The summed E-state index contributed by atoms with van der Waals surface area (Å²) in [6.07, 6.45) is 0.465. The third-order valence-corrected chi connectivity index (χ3v) is 3.48. The van der Waals surface area contributed by atoms with Gasteiger partial charge in [0.1, 0.15) is 0 Å². The maximum Gasteiger partial charge on any atom is 0.241 e. The summed E-state index contributed by atoms with van der Waals surface area (Å²) in [5.74, 6) is 0.0313. The summed E-state index contributed by atoms with van der Waals surface area (Å²) in [7, 11) is 0. The minimum absolute atomic E-state index is 0.0230. The Labute approximate surface area is 116 Å². The summed E-state index contributed by atoms with van der Waals surface area (Å²) in [6.45, 7) is 0. The van der Waals surface area contributed by atoms with Crippen LogP contribution < -0.4 is 10.4 Å². The first-order valence-electron chi connectivity index (χ1n) is 6.13. The largest absolute Gasteiger partial charge is 0.278 e. The molecule has 1 atom stereocenters. The molecule has 1 unspecified atom stereocenters. The number of halogens is 1. The van der Waals surface area contributed by atoms with E-state index in [-0.39, 0.29) is 11.9 Å². The van der Waals surface area contributed by atoms with E-state index in [9.17, 15) is 4.79 Å². The molecular weight excluding hydrogens is 260 g/mol. The Morgan fingerprint density at radius 2 is 1.74 bits per heavy atom. The van der Waals surface area contributed by atoms with Gasteiger partial charge in [-0.2, -0.15) is 0 Å². The molecule has 4 heteroatoms. The van der Waals surface area contributed by atoms with Gasteiger partial charge in [0, 0.05) is 5.02 Å². The molecule has 0 radical (unpaired) electrons. The van der Waals surface area contributed by atoms with Gasteiger partial charge in [0.25, 0.3) is 0 Å². The van der Waals surface area contributed by atoms with Gasteiger partial charge in [-0.3, -0.25) is 15.2 Å². The Bertz CT molecular complexity index is 583. The summed E-state index contributed by atoms with van der Waals surface area (Å²) in [4.78, 5) is 11.7. The maximum atomic E-state index is 11.7. The standard InChI is InChI=1S/C15H13ClN2O/c16-12-6-8-13(9-7-12)18-14(10-15(19)17-18)11-4-2-1-3-5-11/h1-9,14H,10H2,(H,17,19). The number of benzene rings is 2. The molecule has 0 aromatic heterocycles. The third-order valence-electron chi connectivity index (χ3n) is 3.22. The number of amides is 1. The predicted molar refractivity (Wildman–Crippen MR) is 75.9 cm³/mol. The van der Waals surface area contributed by atoms with E-state index in [2.05, 4.69) is 5.43 Å². The van der Waals surface area contributed by atoms with E-state index in [4.69, 9.17) is 11.6 Å². The Morgan fingerprint density at radius 3 is 2.42 bits per heavy atom. The van der Waals surface area contributed by atoms with Crippen LogP contribution in [0.3, 0.4) is 0 Å². The highest BCUT2D eigenvalue weighted by Crippen LogP contribution is 2.32. The minimum Gasteiger partial charge on any atom is -0.278 e. The Hall–Kier alpha value is -2.00. The zero-order chi connectivity index (χ0) is 13.2. The summed E-state index contributed by atoms with van der Waals surface area (Å²) in [5.41, 5.74) is 4.94. The summed E-state index contributed by atoms with van der Waals surface area (Å²) in [6, 6.07) is 17.5. The number of anilines is 1. The SMILES string of the molecule is O=C1CC(c2ccccc2)N(c2ccc(Cl)cc2)N1. The molecule has 0 aliphatic carbocycles. The number of hydrogen-bond donors (Lipinski definition) is 1. The van der Waals surface area contributed by atoms with Gasteiger partial charge in [-0.1, -0.05) is 41.9 Å². The molecule has 1 fully saturated rings. The maximum absolute atomic E-state index is 11.7. The molecule has 3 nitrogen and oxygen atoms in total. The molecule has 1 heterocycles. The van der Waals surface area contributed by atoms with Gasteiger partial charge in [0.05, 0.1) is 18.2 Å². The normalized spacial score (nSPS) is 18.5. The number of carbonyl (C=O) groups is 1. The Balaban J connectivity index is 1.95. The van der Waals surface area contributed by atoms with Crippen molar-refractivity contribution >= 4 is 23.2 Å². The van der Waals surface area contributed by atoms with Crippen molar-refractivity contribution in [1.82, 2.24) is 5.43 Å². The molecule has 2 aromatic carbocycles. The number of nitrogens with one attached hydrogen (secondary N) is 1. The molecule has 1 N–H and O–H groups in total. The average Bonchev–Trinajstić information content (AvgIpc) is 2.83. The lowest BCUT2D eigenvalue weighted by molar-refractivity contribution is -0.119. The fraction of sp³-hybridized carbons (Fsp3) is 0.133. The molecule has 3 rings (SSSR count). The van der Waals surface area contributed by atoms with E-state index in [1.54, 1.807) is 0 Å². The first-order valence-corrected chi connectivity index (χ1v) is 6.51. The zero-order valence-electron chi connectivity index (χ0n) is 10.2. The van der Waals surface area contributed by atoms with Gasteiger partial charge in [-0.15, -0.1) is 0 Å². The van der Waals surface area contributed by atoms with Gasteiger partial charge in [-0.25, -0.2) is 0 Å². The lowest BCUT2D eigenvalue weighted by atomic mass is 10.0. The van der Waals surface area contributed by atoms with Crippen LogP contribution in [0.4, 0.5) is 5.69 Å². The van der Waals surface area contributed by atoms with Crippen molar-refractivity contribution in [3.63, 3.8) is 0 Å². The summed E-state index contributed by atoms with van der Waals surface area (Å²) in [5, 5.41) is 2.58. The van der Waals surface area contributed by atoms with Crippen LogP contribution in [0.1, 0.15) is 18.0 Å².